The van der Waals surface area contributed by atoms with Crippen LogP contribution >= 0.6 is 38.5 Å². The van der Waals surface area contributed by atoms with Crippen LogP contribution in [0.1, 0.15) is 10.4 Å². The molecule has 0 bridgehead atoms. The lowest BCUT2D eigenvalue weighted by Gasteiger charge is -2.08. The molecule has 1 heterocycles. The summed E-state index contributed by atoms with van der Waals surface area (Å²) in [4.78, 5) is 16.6. The molecule has 5 heteroatoms. The van der Waals surface area contributed by atoms with Gasteiger partial charge in [-0.25, -0.2) is 0 Å². The fourth-order valence-electron chi connectivity index (χ4n) is 2.02. The van der Waals surface area contributed by atoms with Gasteiger partial charge in [0.2, 0.25) is 0 Å². The number of hydrogen-bond acceptors (Lipinski definition) is 2. The first kappa shape index (κ1) is 14.5. The molecule has 0 saturated carbocycles. The maximum atomic E-state index is 12.4. The molecule has 0 aliphatic carbocycles. The number of carbonyl (C=O) groups excluding carboxylic acids is 1. The van der Waals surface area contributed by atoms with Crippen molar-refractivity contribution in [3.63, 3.8) is 0 Å². The molecular formula is C16H10BrIN2O. The predicted molar refractivity (Wildman–Crippen MR) is 96.6 cm³/mol. The fourth-order valence-corrected chi connectivity index (χ4v) is 2.96. The van der Waals surface area contributed by atoms with Gasteiger partial charge in [0.15, 0.2) is 0 Å². The molecule has 0 atom stereocenters. The Balaban J connectivity index is 1.90. The number of hydrogen-bond donors (Lipinski definition) is 1. The lowest BCUT2D eigenvalue weighted by Crippen LogP contribution is -2.13. The average Bonchev–Trinajstić information content (AvgIpc) is 2.49. The Morgan fingerprint density at radius 3 is 2.86 bits per heavy atom. The summed E-state index contributed by atoms with van der Waals surface area (Å²) in [6, 6.07) is 15.2. The van der Waals surface area contributed by atoms with Crippen LogP contribution in [0.2, 0.25) is 0 Å². The highest BCUT2D eigenvalue weighted by molar-refractivity contribution is 14.1. The number of halogens is 2. The van der Waals surface area contributed by atoms with Crippen molar-refractivity contribution in [2.24, 2.45) is 0 Å². The third-order valence-corrected chi connectivity index (χ3v) is 4.47. The number of carbonyl (C=O) groups is 1. The van der Waals surface area contributed by atoms with Crippen LogP contribution in [0, 0.1) is 3.57 Å². The van der Waals surface area contributed by atoms with Gasteiger partial charge in [0.25, 0.3) is 5.91 Å². The molecule has 0 unspecified atom stereocenters. The summed E-state index contributed by atoms with van der Waals surface area (Å²) >= 11 is 5.55. The van der Waals surface area contributed by atoms with Gasteiger partial charge in [0.05, 0.1) is 11.1 Å². The molecule has 3 nitrogen and oxygen atoms in total. The first-order chi connectivity index (χ1) is 10.1. The summed E-state index contributed by atoms with van der Waals surface area (Å²) in [6.07, 6.45) is 1.75. The first-order valence-corrected chi connectivity index (χ1v) is 8.12. The van der Waals surface area contributed by atoms with Crippen molar-refractivity contribution < 1.29 is 4.79 Å². The number of nitrogens with one attached hydrogen (secondary N) is 1. The van der Waals surface area contributed by atoms with Crippen LogP contribution in [-0.4, -0.2) is 10.9 Å². The van der Waals surface area contributed by atoms with Gasteiger partial charge in [-0.3, -0.25) is 9.78 Å². The fraction of sp³-hybridized carbons (Fsp3) is 0. The van der Waals surface area contributed by atoms with E-state index >= 15 is 0 Å². The highest BCUT2D eigenvalue weighted by atomic mass is 127. The van der Waals surface area contributed by atoms with E-state index in [-0.39, 0.29) is 5.91 Å². The van der Waals surface area contributed by atoms with E-state index in [0.29, 0.717) is 5.56 Å². The maximum Gasteiger partial charge on any atom is 0.256 e. The summed E-state index contributed by atoms with van der Waals surface area (Å²) in [7, 11) is 0. The summed E-state index contributed by atoms with van der Waals surface area (Å²) in [5.41, 5.74) is 2.32. The second kappa shape index (κ2) is 6.11. The van der Waals surface area contributed by atoms with Gasteiger partial charge in [-0.05, 0) is 65.1 Å². The highest BCUT2D eigenvalue weighted by Gasteiger charge is 2.11. The van der Waals surface area contributed by atoms with Crippen molar-refractivity contribution in [3.8, 4) is 0 Å². The highest BCUT2D eigenvalue weighted by Crippen LogP contribution is 2.21. The molecule has 0 spiro atoms. The molecule has 104 valence electrons. The Labute approximate surface area is 144 Å². The van der Waals surface area contributed by atoms with Crippen LogP contribution in [0.25, 0.3) is 10.9 Å². The smallest absolute Gasteiger partial charge is 0.256 e. The zero-order valence-corrected chi connectivity index (χ0v) is 14.6. The van der Waals surface area contributed by atoms with E-state index in [9.17, 15) is 4.79 Å². The Hall–Kier alpha value is -1.47. The van der Waals surface area contributed by atoms with Crippen molar-refractivity contribution in [1.82, 2.24) is 4.98 Å². The summed E-state index contributed by atoms with van der Waals surface area (Å²) in [5, 5.41) is 3.93. The van der Waals surface area contributed by atoms with Crippen LogP contribution in [-0.2, 0) is 0 Å². The van der Waals surface area contributed by atoms with Crippen LogP contribution in [0.4, 0.5) is 5.69 Å². The Morgan fingerprint density at radius 1 is 1.14 bits per heavy atom. The van der Waals surface area contributed by atoms with E-state index in [1.807, 2.05) is 48.5 Å². The zero-order chi connectivity index (χ0) is 14.8. The molecule has 0 radical (unpaired) electrons. The number of benzene rings is 2. The van der Waals surface area contributed by atoms with Crippen molar-refractivity contribution in [2.45, 2.75) is 0 Å². The lowest BCUT2D eigenvalue weighted by atomic mass is 10.2. The predicted octanol–water partition coefficient (Wildman–Crippen LogP) is 4.85. The standard InChI is InChI=1S/C16H10BrIN2O/c17-11-3-5-14(18)13(9-11)16(21)20-12-4-6-15-10(8-12)2-1-7-19-15/h1-9H,(H,20,21). The minimum absolute atomic E-state index is 0.121. The Bertz CT molecular complexity index is 835. The van der Waals surface area contributed by atoms with Gasteiger partial charge < -0.3 is 5.32 Å². The number of rotatable bonds is 2. The monoisotopic (exact) mass is 452 g/mol. The molecule has 0 saturated heterocycles. The van der Waals surface area contributed by atoms with Gasteiger partial charge >= 0.3 is 0 Å². The molecule has 0 aliphatic heterocycles. The summed E-state index contributed by atoms with van der Waals surface area (Å²) in [5.74, 6) is -0.121. The third-order valence-electron chi connectivity index (χ3n) is 3.03. The van der Waals surface area contributed by atoms with E-state index in [1.165, 1.54) is 0 Å². The zero-order valence-electron chi connectivity index (χ0n) is 10.8. The van der Waals surface area contributed by atoms with Crippen LogP contribution in [0.15, 0.2) is 59.2 Å². The van der Waals surface area contributed by atoms with Gasteiger partial charge in [-0.15, -0.1) is 0 Å². The number of fused-ring (bicyclic) bond motifs is 1. The largest absolute Gasteiger partial charge is 0.322 e. The van der Waals surface area contributed by atoms with Crippen molar-refractivity contribution >= 4 is 61.0 Å². The lowest BCUT2D eigenvalue weighted by molar-refractivity contribution is 0.102. The van der Waals surface area contributed by atoms with E-state index < -0.39 is 0 Å². The average molecular weight is 453 g/mol. The van der Waals surface area contributed by atoms with Gasteiger partial charge in [-0.2, -0.15) is 0 Å². The van der Waals surface area contributed by atoms with E-state index in [2.05, 4.69) is 48.8 Å². The van der Waals surface area contributed by atoms with Crippen molar-refractivity contribution in [2.75, 3.05) is 5.32 Å². The molecule has 21 heavy (non-hydrogen) atoms. The first-order valence-electron chi connectivity index (χ1n) is 6.25. The van der Waals surface area contributed by atoms with Crippen LogP contribution in [0.5, 0.6) is 0 Å². The van der Waals surface area contributed by atoms with E-state index in [0.717, 1.165) is 24.6 Å². The molecule has 3 rings (SSSR count). The third kappa shape index (κ3) is 3.24. The van der Waals surface area contributed by atoms with E-state index in [1.54, 1.807) is 6.20 Å². The van der Waals surface area contributed by atoms with Crippen LogP contribution in [0.3, 0.4) is 0 Å². The Morgan fingerprint density at radius 2 is 2.00 bits per heavy atom. The maximum absolute atomic E-state index is 12.4. The number of pyridine rings is 1. The second-order valence-corrected chi connectivity index (χ2v) is 6.57. The molecule has 3 aromatic rings. The van der Waals surface area contributed by atoms with Crippen LogP contribution < -0.4 is 5.32 Å². The quantitative estimate of drug-likeness (QED) is 0.564. The topological polar surface area (TPSA) is 42.0 Å². The van der Waals surface area contributed by atoms with E-state index in [4.69, 9.17) is 0 Å². The minimum atomic E-state index is -0.121. The summed E-state index contributed by atoms with van der Waals surface area (Å²) < 4.78 is 1.80. The molecule has 2 aromatic carbocycles. The number of nitrogens with zero attached hydrogens (tertiary/aromatic N) is 1. The normalized spacial score (nSPS) is 10.6. The SMILES string of the molecule is O=C(Nc1ccc2ncccc2c1)c1cc(Br)ccc1I. The number of amides is 1. The second-order valence-electron chi connectivity index (χ2n) is 4.49. The molecule has 1 amide bonds. The van der Waals surface area contributed by atoms with Crippen molar-refractivity contribution in [1.29, 1.82) is 0 Å². The Kier molecular flexibility index (Phi) is 4.21. The van der Waals surface area contributed by atoms with Crippen molar-refractivity contribution in [3.05, 3.63) is 68.3 Å². The molecular weight excluding hydrogens is 443 g/mol. The van der Waals surface area contributed by atoms with Gasteiger partial charge in [0, 0.05) is 25.3 Å². The molecule has 1 aromatic heterocycles. The molecule has 1 N–H and O–H groups in total. The molecule has 0 aliphatic rings. The minimum Gasteiger partial charge on any atom is -0.322 e. The van der Waals surface area contributed by atoms with Gasteiger partial charge in [-0.1, -0.05) is 22.0 Å². The number of anilines is 1. The number of aromatic nitrogens is 1. The van der Waals surface area contributed by atoms with Gasteiger partial charge in [0.1, 0.15) is 0 Å². The summed E-state index contributed by atoms with van der Waals surface area (Å²) in [6.45, 7) is 0. The molecule has 0 fully saturated rings.